The number of aromatic nitrogens is 3. The predicted molar refractivity (Wildman–Crippen MR) is 61.3 cm³/mol. The Morgan fingerprint density at radius 2 is 2.38 bits per heavy atom. The SMILES string of the molecule is COC1CC(Nc2ncc3cc[nH]c3n2)C1. The first kappa shape index (κ1) is 9.59. The molecule has 5 heteroatoms. The van der Waals surface area contributed by atoms with Crippen molar-refractivity contribution in [2.24, 2.45) is 0 Å². The number of rotatable bonds is 3. The smallest absolute Gasteiger partial charge is 0.224 e. The van der Waals surface area contributed by atoms with E-state index in [4.69, 9.17) is 4.74 Å². The lowest BCUT2D eigenvalue weighted by Crippen LogP contribution is -2.40. The number of anilines is 1. The lowest BCUT2D eigenvalue weighted by Gasteiger charge is -2.34. The third kappa shape index (κ3) is 1.63. The minimum Gasteiger partial charge on any atom is -0.381 e. The van der Waals surface area contributed by atoms with Crippen molar-refractivity contribution in [1.29, 1.82) is 0 Å². The van der Waals surface area contributed by atoms with Gasteiger partial charge >= 0.3 is 0 Å². The Morgan fingerprint density at radius 1 is 1.50 bits per heavy atom. The molecule has 0 spiro atoms. The number of nitrogens with zero attached hydrogens (tertiary/aromatic N) is 2. The Kier molecular flexibility index (Phi) is 2.25. The number of hydrogen-bond donors (Lipinski definition) is 2. The van der Waals surface area contributed by atoms with E-state index in [1.165, 1.54) is 0 Å². The fourth-order valence-corrected chi connectivity index (χ4v) is 1.97. The molecule has 5 nitrogen and oxygen atoms in total. The Hall–Kier alpha value is -1.62. The van der Waals surface area contributed by atoms with Crippen molar-refractivity contribution in [2.75, 3.05) is 12.4 Å². The Bertz CT molecular complexity index is 489. The van der Waals surface area contributed by atoms with E-state index in [0.717, 1.165) is 23.9 Å². The normalized spacial score (nSPS) is 24.3. The standard InChI is InChI=1S/C11H14N4O/c1-16-9-4-8(5-9)14-11-13-6-7-2-3-12-10(7)15-11/h2-3,6,8-9H,4-5H2,1H3,(H2,12,13,14,15). The highest BCUT2D eigenvalue weighted by atomic mass is 16.5. The number of aromatic amines is 1. The third-order valence-electron chi connectivity index (χ3n) is 3.06. The first-order chi connectivity index (χ1) is 7.85. The molecule has 16 heavy (non-hydrogen) atoms. The highest BCUT2D eigenvalue weighted by Crippen LogP contribution is 2.25. The van der Waals surface area contributed by atoms with Crippen LogP contribution in [0.1, 0.15) is 12.8 Å². The van der Waals surface area contributed by atoms with E-state index in [-0.39, 0.29) is 0 Å². The zero-order valence-electron chi connectivity index (χ0n) is 9.10. The summed E-state index contributed by atoms with van der Waals surface area (Å²) in [4.78, 5) is 11.7. The van der Waals surface area contributed by atoms with E-state index in [1.54, 1.807) is 7.11 Å². The summed E-state index contributed by atoms with van der Waals surface area (Å²) in [6, 6.07) is 2.40. The topological polar surface area (TPSA) is 62.8 Å². The number of ether oxygens (including phenoxy) is 1. The van der Waals surface area contributed by atoms with Gasteiger partial charge < -0.3 is 15.0 Å². The molecule has 0 aliphatic heterocycles. The van der Waals surface area contributed by atoms with Crippen LogP contribution in [0.2, 0.25) is 0 Å². The van der Waals surface area contributed by atoms with Gasteiger partial charge in [0.1, 0.15) is 5.65 Å². The van der Waals surface area contributed by atoms with Crippen LogP contribution < -0.4 is 5.32 Å². The molecule has 0 amide bonds. The van der Waals surface area contributed by atoms with Crippen molar-refractivity contribution in [2.45, 2.75) is 25.0 Å². The molecule has 0 bridgehead atoms. The van der Waals surface area contributed by atoms with E-state index >= 15 is 0 Å². The molecule has 84 valence electrons. The maximum Gasteiger partial charge on any atom is 0.224 e. The maximum absolute atomic E-state index is 5.22. The van der Waals surface area contributed by atoms with Gasteiger partial charge in [0.25, 0.3) is 0 Å². The number of H-pyrrole nitrogens is 1. The van der Waals surface area contributed by atoms with Crippen LogP contribution in [-0.4, -0.2) is 34.2 Å². The average molecular weight is 218 g/mol. The van der Waals surface area contributed by atoms with Crippen LogP contribution in [0, 0.1) is 0 Å². The van der Waals surface area contributed by atoms with Gasteiger partial charge in [-0.1, -0.05) is 0 Å². The highest BCUT2D eigenvalue weighted by molar-refractivity contribution is 5.75. The molecule has 1 aliphatic rings. The largest absolute Gasteiger partial charge is 0.381 e. The van der Waals surface area contributed by atoms with Crippen LogP contribution in [0.3, 0.4) is 0 Å². The first-order valence-corrected chi connectivity index (χ1v) is 5.44. The number of fused-ring (bicyclic) bond motifs is 1. The second-order valence-corrected chi connectivity index (χ2v) is 4.15. The van der Waals surface area contributed by atoms with Gasteiger partial charge in [0, 0.05) is 30.9 Å². The van der Waals surface area contributed by atoms with Crippen LogP contribution in [-0.2, 0) is 4.74 Å². The molecule has 0 aromatic carbocycles. The number of nitrogens with one attached hydrogen (secondary N) is 2. The molecule has 2 heterocycles. The molecule has 1 aliphatic carbocycles. The van der Waals surface area contributed by atoms with Gasteiger partial charge in [-0.15, -0.1) is 0 Å². The summed E-state index contributed by atoms with van der Waals surface area (Å²) >= 11 is 0. The molecular weight excluding hydrogens is 204 g/mol. The molecule has 0 saturated heterocycles. The lowest BCUT2D eigenvalue weighted by atomic mass is 9.89. The molecular formula is C11H14N4O. The Balaban J connectivity index is 1.70. The molecule has 0 radical (unpaired) electrons. The van der Waals surface area contributed by atoms with Crippen LogP contribution in [0.5, 0.6) is 0 Å². The molecule has 0 unspecified atom stereocenters. The minimum absolute atomic E-state index is 0.395. The summed E-state index contributed by atoms with van der Waals surface area (Å²) in [5.74, 6) is 0.689. The molecule has 2 aromatic rings. The van der Waals surface area contributed by atoms with E-state index < -0.39 is 0 Å². The fourth-order valence-electron chi connectivity index (χ4n) is 1.97. The summed E-state index contributed by atoms with van der Waals surface area (Å²) in [5.41, 5.74) is 0.875. The summed E-state index contributed by atoms with van der Waals surface area (Å²) in [6.07, 6.45) is 6.15. The maximum atomic E-state index is 5.22. The van der Waals surface area contributed by atoms with Crippen molar-refractivity contribution in [3.63, 3.8) is 0 Å². The number of hydrogen-bond acceptors (Lipinski definition) is 4. The zero-order chi connectivity index (χ0) is 11.0. The second kappa shape index (κ2) is 3.75. The van der Waals surface area contributed by atoms with E-state index in [0.29, 0.717) is 18.1 Å². The molecule has 2 aromatic heterocycles. The Labute approximate surface area is 93.2 Å². The van der Waals surface area contributed by atoms with E-state index in [2.05, 4.69) is 20.3 Å². The van der Waals surface area contributed by atoms with Crippen molar-refractivity contribution in [3.05, 3.63) is 18.5 Å². The van der Waals surface area contributed by atoms with Crippen molar-refractivity contribution in [1.82, 2.24) is 15.0 Å². The van der Waals surface area contributed by atoms with Crippen LogP contribution >= 0.6 is 0 Å². The van der Waals surface area contributed by atoms with Gasteiger partial charge in [0.2, 0.25) is 5.95 Å². The van der Waals surface area contributed by atoms with Crippen LogP contribution in [0.25, 0.3) is 11.0 Å². The number of methoxy groups -OCH3 is 1. The van der Waals surface area contributed by atoms with Gasteiger partial charge in [-0.3, -0.25) is 0 Å². The van der Waals surface area contributed by atoms with Crippen LogP contribution in [0.4, 0.5) is 5.95 Å². The molecule has 1 fully saturated rings. The van der Waals surface area contributed by atoms with Crippen molar-refractivity contribution >= 4 is 17.0 Å². The van der Waals surface area contributed by atoms with Gasteiger partial charge in [0.05, 0.1) is 6.10 Å². The first-order valence-electron chi connectivity index (χ1n) is 5.44. The molecule has 3 rings (SSSR count). The fraction of sp³-hybridized carbons (Fsp3) is 0.455. The summed E-state index contributed by atoms with van der Waals surface area (Å²) in [6.45, 7) is 0. The Morgan fingerprint density at radius 3 is 3.19 bits per heavy atom. The van der Waals surface area contributed by atoms with Gasteiger partial charge in [0.15, 0.2) is 0 Å². The third-order valence-corrected chi connectivity index (χ3v) is 3.06. The van der Waals surface area contributed by atoms with E-state index in [1.807, 2.05) is 18.5 Å². The van der Waals surface area contributed by atoms with E-state index in [9.17, 15) is 0 Å². The second-order valence-electron chi connectivity index (χ2n) is 4.15. The molecule has 1 saturated carbocycles. The summed E-state index contributed by atoms with van der Waals surface area (Å²) in [5, 5.41) is 4.34. The summed E-state index contributed by atoms with van der Waals surface area (Å²) < 4.78 is 5.22. The quantitative estimate of drug-likeness (QED) is 0.820. The monoisotopic (exact) mass is 218 g/mol. The van der Waals surface area contributed by atoms with Gasteiger partial charge in [-0.25, -0.2) is 4.98 Å². The molecule has 2 N–H and O–H groups in total. The van der Waals surface area contributed by atoms with Crippen LogP contribution in [0.15, 0.2) is 18.5 Å². The minimum atomic E-state index is 0.395. The average Bonchev–Trinajstić information content (AvgIpc) is 2.69. The predicted octanol–water partition coefficient (Wildman–Crippen LogP) is 1.55. The lowest BCUT2D eigenvalue weighted by molar-refractivity contribution is 0.0327. The highest BCUT2D eigenvalue weighted by Gasteiger charge is 2.29. The van der Waals surface area contributed by atoms with Gasteiger partial charge in [-0.2, -0.15) is 4.98 Å². The zero-order valence-corrected chi connectivity index (χ0v) is 9.10. The van der Waals surface area contributed by atoms with Gasteiger partial charge in [-0.05, 0) is 18.9 Å². The summed E-state index contributed by atoms with van der Waals surface area (Å²) in [7, 11) is 1.75. The van der Waals surface area contributed by atoms with Crippen molar-refractivity contribution < 1.29 is 4.74 Å². The van der Waals surface area contributed by atoms with Crippen molar-refractivity contribution in [3.8, 4) is 0 Å². The molecule has 0 atom stereocenters.